The molecule has 2 rings (SSSR count). The van der Waals surface area contributed by atoms with Gasteiger partial charge in [-0.2, -0.15) is 0 Å². The number of amides is 1. The molecule has 1 amide bonds. The van der Waals surface area contributed by atoms with Gasteiger partial charge in [-0.05, 0) is 37.5 Å². The molecule has 2 saturated heterocycles. The van der Waals surface area contributed by atoms with Crippen LogP contribution in [0.5, 0.6) is 0 Å². The van der Waals surface area contributed by atoms with Crippen LogP contribution in [0.2, 0.25) is 0 Å². The van der Waals surface area contributed by atoms with E-state index in [0.29, 0.717) is 18.9 Å². The highest BCUT2D eigenvalue weighted by atomic mass is 16.5. The number of rotatable bonds is 3. The summed E-state index contributed by atoms with van der Waals surface area (Å²) in [5, 5.41) is 18.0. The summed E-state index contributed by atoms with van der Waals surface area (Å²) in [6, 6.07) is -0.868. The zero-order valence-corrected chi connectivity index (χ0v) is 10.2. The molecule has 18 heavy (non-hydrogen) atoms. The highest BCUT2D eigenvalue weighted by molar-refractivity contribution is 5.80. The summed E-state index contributed by atoms with van der Waals surface area (Å²) >= 11 is 0. The Labute approximate surface area is 106 Å². The van der Waals surface area contributed by atoms with Gasteiger partial charge in [-0.3, -0.25) is 4.90 Å². The lowest BCUT2D eigenvalue weighted by Crippen LogP contribution is -2.39. The topological polar surface area (TPSA) is 87.1 Å². The summed E-state index contributed by atoms with van der Waals surface area (Å²) in [5.74, 6) is -0.316. The molecule has 2 fully saturated rings. The van der Waals surface area contributed by atoms with Crippen molar-refractivity contribution in [2.75, 3.05) is 19.8 Å². The Morgan fingerprint density at radius 3 is 2.33 bits per heavy atom. The highest BCUT2D eigenvalue weighted by Gasteiger charge is 2.40. The van der Waals surface area contributed by atoms with Crippen molar-refractivity contribution < 1.29 is 24.5 Å². The largest absolute Gasteiger partial charge is 0.480 e. The molecule has 0 aromatic carbocycles. The van der Waals surface area contributed by atoms with Crippen molar-refractivity contribution in [2.24, 2.45) is 11.8 Å². The minimum absolute atomic E-state index is 0.172. The lowest BCUT2D eigenvalue weighted by atomic mass is 9.88. The van der Waals surface area contributed by atoms with E-state index in [1.54, 1.807) is 0 Å². The number of carboxylic acids is 1. The van der Waals surface area contributed by atoms with Crippen LogP contribution in [0.4, 0.5) is 4.79 Å². The quantitative estimate of drug-likeness (QED) is 0.794. The first-order valence-electron chi connectivity index (χ1n) is 6.38. The van der Waals surface area contributed by atoms with Gasteiger partial charge in [0.05, 0.1) is 0 Å². The van der Waals surface area contributed by atoms with Crippen molar-refractivity contribution in [3.8, 4) is 0 Å². The molecule has 6 heteroatoms. The number of ether oxygens (including phenoxy) is 1. The van der Waals surface area contributed by atoms with Crippen molar-refractivity contribution in [1.82, 2.24) is 4.90 Å². The van der Waals surface area contributed by atoms with Crippen LogP contribution in [-0.4, -0.2) is 53.0 Å². The van der Waals surface area contributed by atoms with E-state index < -0.39 is 18.1 Å². The number of carboxylic acid groups (broad SMARTS) is 2. The van der Waals surface area contributed by atoms with Gasteiger partial charge in [-0.1, -0.05) is 0 Å². The van der Waals surface area contributed by atoms with E-state index in [4.69, 9.17) is 14.9 Å². The van der Waals surface area contributed by atoms with Gasteiger partial charge in [-0.25, -0.2) is 9.59 Å². The van der Waals surface area contributed by atoms with Crippen LogP contribution < -0.4 is 0 Å². The first-order chi connectivity index (χ1) is 8.58. The fraction of sp³-hybridized carbons (Fsp3) is 0.833. The van der Waals surface area contributed by atoms with Crippen LogP contribution in [0.1, 0.15) is 25.7 Å². The van der Waals surface area contributed by atoms with Gasteiger partial charge in [-0.15, -0.1) is 0 Å². The van der Waals surface area contributed by atoms with Crippen molar-refractivity contribution in [2.45, 2.75) is 31.7 Å². The summed E-state index contributed by atoms with van der Waals surface area (Å²) in [4.78, 5) is 23.1. The SMILES string of the molecule is O=C(O)[C@@H]1C[C@H](CC2CCOCC2)CN1C(=O)O. The van der Waals surface area contributed by atoms with Gasteiger partial charge in [0.2, 0.25) is 0 Å². The second-order valence-corrected chi connectivity index (χ2v) is 5.18. The van der Waals surface area contributed by atoms with Gasteiger partial charge in [0.25, 0.3) is 0 Å². The molecule has 0 aliphatic carbocycles. The lowest BCUT2D eigenvalue weighted by Gasteiger charge is -2.24. The monoisotopic (exact) mass is 257 g/mol. The van der Waals surface area contributed by atoms with E-state index in [2.05, 4.69) is 0 Å². The van der Waals surface area contributed by atoms with E-state index in [1.165, 1.54) is 0 Å². The molecule has 2 N–H and O–H groups in total. The highest BCUT2D eigenvalue weighted by Crippen LogP contribution is 2.32. The number of hydrogen-bond donors (Lipinski definition) is 2. The van der Waals surface area contributed by atoms with Gasteiger partial charge >= 0.3 is 12.1 Å². The number of aliphatic carboxylic acids is 1. The van der Waals surface area contributed by atoms with Gasteiger partial charge in [0.15, 0.2) is 0 Å². The summed E-state index contributed by atoms with van der Waals surface area (Å²) in [6.45, 7) is 1.88. The molecule has 6 nitrogen and oxygen atoms in total. The molecule has 0 radical (unpaired) electrons. The van der Waals surface area contributed by atoms with Gasteiger partial charge < -0.3 is 14.9 Å². The van der Waals surface area contributed by atoms with E-state index in [1.807, 2.05) is 0 Å². The molecule has 0 bridgehead atoms. The Morgan fingerprint density at radius 1 is 1.17 bits per heavy atom. The van der Waals surface area contributed by atoms with Crippen LogP contribution in [0.15, 0.2) is 0 Å². The molecular formula is C12H19NO5. The molecule has 2 aliphatic rings. The second kappa shape index (κ2) is 5.56. The maximum Gasteiger partial charge on any atom is 0.408 e. The summed E-state index contributed by atoms with van der Waals surface area (Å²) in [6.07, 6.45) is 2.23. The minimum atomic E-state index is -1.13. The number of carbonyl (C=O) groups is 2. The molecule has 0 unspecified atom stereocenters. The third kappa shape index (κ3) is 2.93. The number of nitrogens with zero attached hydrogens (tertiary/aromatic N) is 1. The zero-order valence-electron chi connectivity index (χ0n) is 10.2. The van der Waals surface area contributed by atoms with Crippen LogP contribution in [-0.2, 0) is 9.53 Å². The molecule has 2 heterocycles. The molecule has 0 aromatic rings. The van der Waals surface area contributed by atoms with Crippen molar-refractivity contribution in [1.29, 1.82) is 0 Å². The van der Waals surface area contributed by atoms with Crippen LogP contribution in [0.25, 0.3) is 0 Å². The standard InChI is InChI=1S/C12H19NO5/c14-11(15)10-6-9(7-13(10)12(16)17)5-8-1-3-18-4-2-8/h8-10H,1-7H2,(H,14,15)(H,16,17)/t9-,10-/m0/s1. The summed E-state index contributed by atoms with van der Waals surface area (Å²) in [5.41, 5.74) is 0. The van der Waals surface area contributed by atoms with E-state index in [9.17, 15) is 9.59 Å². The Balaban J connectivity index is 1.91. The molecule has 0 spiro atoms. The Kier molecular flexibility index (Phi) is 4.06. The Bertz CT molecular complexity index is 304. The minimum Gasteiger partial charge on any atom is -0.480 e. The van der Waals surface area contributed by atoms with Crippen molar-refractivity contribution in [3.05, 3.63) is 0 Å². The zero-order chi connectivity index (χ0) is 13.1. The van der Waals surface area contributed by atoms with Gasteiger partial charge in [0.1, 0.15) is 6.04 Å². The van der Waals surface area contributed by atoms with Crippen LogP contribution >= 0.6 is 0 Å². The van der Waals surface area contributed by atoms with E-state index in [0.717, 1.165) is 37.4 Å². The normalized spacial score (nSPS) is 29.4. The molecule has 2 atom stereocenters. The lowest BCUT2D eigenvalue weighted by molar-refractivity contribution is -0.141. The fourth-order valence-corrected chi connectivity index (χ4v) is 2.99. The first kappa shape index (κ1) is 13.1. The molecule has 2 aliphatic heterocycles. The Morgan fingerprint density at radius 2 is 1.83 bits per heavy atom. The predicted molar refractivity (Wildman–Crippen MR) is 62.4 cm³/mol. The van der Waals surface area contributed by atoms with Crippen molar-refractivity contribution >= 4 is 12.1 Å². The second-order valence-electron chi connectivity index (χ2n) is 5.18. The third-order valence-electron chi connectivity index (χ3n) is 3.93. The van der Waals surface area contributed by atoms with Crippen LogP contribution in [0, 0.1) is 11.8 Å². The summed E-state index contributed by atoms with van der Waals surface area (Å²) < 4.78 is 5.28. The molecular weight excluding hydrogens is 238 g/mol. The summed E-state index contributed by atoms with van der Waals surface area (Å²) in [7, 11) is 0. The first-order valence-corrected chi connectivity index (χ1v) is 6.38. The molecule has 0 aromatic heterocycles. The predicted octanol–water partition coefficient (Wildman–Crippen LogP) is 1.26. The van der Waals surface area contributed by atoms with Gasteiger partial charge in [0, 0.05) is 19.8 Å². The van der Waals surface area contributed by atoms with Crippen LogP contribution in [0.3, 0.4) is 0 Å². The third-order valence-corrected chi connectivity index (χ3v) is 3.93. The average molecular weight is 257 g/mol. The Hall–Kier alpha value is -1.30. The maximum absolute atomic E-state index is 11.0. The smallest absolute Gasteiger partial charge is 0.408 e. The average Bonchev–Trinajstić information content (AvgIpc) is 2.74. The van der Waals surface area contributed by atoms with Crippen molar-refractivity contribution in [3.63, 3.8) is 0 Å². The van der Waals surface area contributed by atoms with E-state index >= 15 is 0 Å². The van der Waals surface area contributed by atoms with E-state index in [-0.39, 0.29) is 5.92 Å². The number of likely N-dealkylation sites (tertiary alicyclic amines) is 1. The molecule has 0 saturated carbocycles. The maximum atomic E-state index is 11.0. The molecule has 102 valence electrons. The number of hydrogen-bond acceptors (Lipinski definition) is 3. The fourth-order valence-electron chi connectivity index (χ4n) is 2.99.